The Labute approximate surface area is 118 Å². The molecule has 2 rings (SSSR count). The highest BCUT2D eigenvalue weighted by Crippen LogP contribution is 2.33. The van der Waals surface area contributed by atoms with Gasteiger partial charge in [-0.1, -0.05) is 19.1 Å². The number of carboxylic acids is 1. The minimum absolute atomic E-state index is 0.0777. The molecule has 1 heterocycles. The minimum Gasteiger partial charge on any atom is -0.477 e. The van der Waals surface area contributed by atoms with Gasteiger partial charge >= 0.3 is 5.97 Å². The van der Waals surface area contributed by atoms with Gasteiger partial charge in [-0.2, -0.15) is 4.37 Å². The monoisotopic (exact) mass is 294 g/mol. The van der Waals surface area contributed by atoms with Crippen LogP contribution >= 0.6 is 11.5 Å². The summed E-state index contributed by atoms with van der Waals surface area (Å²) < 4.78 is 17.3. The summed E-state index contributed by atoms with van der Waals surface area (Å²) in [5.74, 6) is -1.97. The van der Waals surface area contributed by atoms with Crippen LogP contribution in [0.25, 0.3) is 11.3 Å². The van der Waals surface area contributed by atoms with Crippen molar-refractivity contribution in [2.75, 3.05) is 5.32 Å². The Hall–Kier alpha value is -2.28. The molecule has 0 radical (unpaired) electrons. The van der Waals surface area contributed by atoms with Gasteiger partial charge in [-0.25, -0.2) is 9.18 Å². The SMILES string of the molecule is CCC(=O)Nc1c(-c2cccc(F)c2)nsc1C(=O)O. The molecule has 1 amide bonds. The fraction of sp³-hybridized carbons (Fsp3) is 0.154. The summed E-state index contributed by atoms with van der Waals surface area (Å²) in [5.41, 5.74) is 0.786. The number of aromatic carboxylic acids is 1. The van der Waals surface area contributed by atoms with Gasteiger partial charge < -0.3 is 10.4 Å². The van der Waals surface area contributed by atoms with Crippen LogP contribution in [0.15, 0.2) is 24.3 Å². The molecule has 20 heavy (non-hydrogen) atoms. The summed E-state index contributed by atoms with van der Waals surface area (Å²) >= 11 is 0.751. The van der Waals surface area contributed by atoms with Crippen molar-refractivity contribution in [3.05, 3.63) is 35.0 Å². The van der Waals surface area contributed by atoms with Gasteiger partial charge in [0.1, 0.15) is 11.5 Å². The number of rotatable bonds is 4. The highest BCUT2D eigenvalue weighted by molar-refractivity contribution is 7.09. The Morgan fingerprint density at radius 3 is 2.80 bits per heavy atom. The molecule has 0 aliphatic carbocycles. The van der Waals surface area contributed by atoms with Crippen molar-refractivity contribution in [3.63, 3.8) is 0 Å². The largest absolute Gasteiger partial charge is 0.477 e. The average molecular weight is 294 g/mol. The molecule has 0 bridgehead atoms. The van der Waals surface area contributed by atoms with Crippen molar-refractivity contribution < 1.29 is 19.1 Å². The Bertz CT molecular complexity index is 669. The van der Waals surface area contributed by atoms with Gasteiger partial charge in [-0.05, 0) is 23.7 Å². The van der Waals surface area contributed by atoms with Crippen molar-refractivity contribution in [1.82, 2.24) is 4.37 Å². The molecule has 1 aromatic carbocycles. The lowest BCUT2D eigenvalue weighted by atomic mass is 10.1. The summed E-state index contributed by atoms with van der Waals surface area (Å²) in [5, 5.41) is 11.6. The third-order valence-corrected chi connectivity index (χ3v) is 3.41. The van der Waals surface area contributed by atoms with E-state index in [0.29, 0.717) is 5.56 Å². The molecule has 0 aliphatic heterocycles. The summed E-state index contributed by atoms with van der Waals surface area (Å²) in [4.78, 5) is 22.6. The molecule has 0 aliphatic rings. The fourth-order valence-corrected chi connectivity index (χ4v) is 2.31. The molecule has 0 unspecified atom stereocenters. The average Bonchev–Trinajstić information content (AvgIpc) is 2.82. The number of nitrogens with zero attached hydrogens (tertiary/aromatic N) is 1. The molecule has 104 valence electrons. The molecule has 0 saturated heterocycles. The summed E-state index contributed by atoms with van der Waals surface area (Å²) in [6.45, 7) is 1.65. The van der Waals surface area contributed by atoms with Gasteiger partial charge in [-0.3, -0.25) is 4.79 Å². The lowest BCUT2D eigenvalue weighted by Crippen LogP contribution is -2.12. The van der Waals surface area contributed by atoms with Gasteiger partial charge in [0.25, 0.3) is 0 Å². The van der Waals surface area contributed by atoms with Crippen LogP contribution in [0.5, 0.6) is 0 Å². The van der Waals surface area contributed by atoms with E-state index in [0.717, 1.165) is 11.5 Å². The van der Waals surface area contributed by atoms with Crippen LogP contribution in [0.4, 0.5) is 10.1 Å². The number of amides is 1. The minimum atomic E-state index is -1.18. The second-order valence-corrected chi connectivity index (χ2v) is 4.73. The number of hydrogen-bond donors (Lipinski definition) is 2. The van der Waals surface area contributed by atoms with E-state index in [-0.39, 0.29) is 28.6 Å². The molecule has 2 aromatic rings. The first-order valence-electron chi connectivity index (χ1n) is 5.81. The second-order valence-electron chi connectivity index (χ2n) is 3.95. The van der Waals surface area contributed by atoms with Crippen molar-refractivity contribution in [2.45, 2.75) is 13.3 Å². The normalized spacial score (nSPS) is 10.3. The molecule has 0 spiro atoms. The Balaban J connectivity index is 2.53. The van der Waals surface area contributed by atoms with E-state index in [1.165, 1.54) is 18.2 Å². The maximum atomic E-state index is 13.3. The van der Waals surface area contributed by atoms with E-state index >= 15 is 0 Å². The lowest BCUT2D eigenvalue weighted by Gasteiger charge is -2.06. The number of hydrogen-bond acceptors (Lipinski definition) is 4. The van der Waals surface area contributed by atoms with Gasteiger partial charge in [0, 0.05) is 12.0 Å². The quantitative estimate of drug-likeness (QED) is 0.908. The maximum absolute atomic E-state index is 13.3. The molecule has 7 heteroatoms. The second kappa shape index (κ2) is 5.79. The zero-order chi connectivity index (χ0) is 14.7. The number of anilines is 1. The Morgan fingerprint density at radius 2 is 2.20 bits per heavy atom. The number of halogens is 1. The Morgan fingerprint density at radius 1 is 1.45 bits per heavy atom. The van der Waals surface area contributed by atoms with Crippen molar-refractivity contribution >= 4 is 29.1 Å². The Kier molecular flexibility index (Phi) is 4.09. The number of carbonyl (C=O) groups excluding carboxylic acids is 1. The first kappa shape index (κ1) is 14.1. The molecule has 0 fully saturated rings. The summed E-state index contributed by atoms with van der Waals surface area (Å²) in [6, 6.07) is 5.61. The molecule has 5 nitrogen and oxygen atoms in total. The van der Waals surface area contributed by atoms with Gasteiger partial charge in [-0.15, -0.1) is 0 Å². The smallest absolute Gasteiger partial charge is 0.349 e. The first-order chi connectivity index (χ1) is 9.52. The van der Waals surface area contributed by atoms with Crippen LogP contribution in [0.3, 0.4) is 0 Å². The van der Waals surface area contributed by atoms with E-state index in [2.05, 4.69) is 9.69 Å². The molecule has 0 saturated carbocycles. The third-order valence-electron chi connectivity index (χ3n) is 2.57. The van der Waals surface area contributed by atoms with Crippen molar-refractivity contribution in [2.24, 2.45) is 0 Å². The molecule has 2 N–H and O–H groups in total. The van der Waals surface area contributed by atoms with Crippen LogP contribution in [0.2, 0.25) is 0 Å². The highest BCUT2D eigenvalue weighted by atomic mass is 32.1. The highest BCUT2D eigenvalue weighted by Gasteiger charge is 2.21. The molecule has 0 atom stereocenters. The number of benzene rings is 1. The van der Waals surface area contributed by atoms with E-state index in [9.17, 15) is 14.0 Å². The number of carbonyl (C=O) groups is 2. The van der Waals surface area contributed by atoms with E-state index in [1.54, 1.807) is 13.0 Å². The van der Waals surface area contributed by atoms with E-state index in [1.807, 2.05) is 0 Å². The molecular weight excluding hydrogens is 283 g/mol. The lowest BCUT2D eigenvalue weighted by molar-refractivity contribution is -0.115. The van der Waals surface area contributed by atoms with Gasteiger partial charge in [0.2, 0.25) is 5.91 Å². The van der Waals surface area contributed by atoms with Crippen LogP contribution in [-0.2, 0) is 4.79 Å². The van der Waals surface area contributed by atoms with Crippen LogP contribution in [-0.4, -0.2) is 21.4 Å². The van der Waals surface area contributed by atoms with E-state index < -0.39 is 11.8 Å². The first-order valence-corrected chi connectivity index (χ1v) is 6.59. The maximum Gasteiger partial charge on any atom is 0.349 e. The number of aromatic nitrogens is 1. The van der Waals surface area contributed by atoms with Gasteiger partial charge in [0.05, 0.1) is 5.69 Å². The molecular formula is C13H11FN2O3S. The topological polar surface area (TPSA) is 79.3 Å². The van der Waals surface area contributed by atoms with Crippen LogP contribution in [0, 0.1) is 5.82 Å². The standard InChI is InChI=1S/C13H11FN2O3S/c1-2-9(17)15-11-10(16-20-12(11)13(18)19)7-4-3-5-8(14)6-7/h3-6H,2H2,1H3,(H,15,17)(H,18,19). The summed E-state index contributed by atoms with van der Waals surface area (Å²) in [6.07, 6.45) is 0.206. The van der Waals surface area contributed by atoms with Crippen LogP contribution < -0.4 is 5.32 Å². The van der Waals surface area contributed by atoms with Gasteiger partial charge in [0.15, 0.2) is 4.88 Å². The zero-order valence-corrected chi connectivity index (χ0v) is 11.3. The van der Waals surface area contributed by atoms with Crippen molar-refractivity contribution in [1.29, 1.82) is 0 Å². The number of nitrogens with one attached hydrogen (secondary N) is 1. The molecule has 1 aromatic heterocycles. The fourth-order valence-electron chi connectivity index (χ4n) is 1.61. The van der Waals surface area contributed by atoms with E-state index in [4.69, 9.17) is 5.11 Å². The number of carboxylic acid groups (broad SMARTS) is 1. The predicted molar refractivity (Wildman–Crippen MR) is 73.4 cm³/mol. The predicted octanol–water partition coefficient (Wildman–Crippen LogP) is 3.00. The van der Waals surface area contributed by atoms with Crippen LogP contribution in [0.1, 0.15) is 23.0 Å². The van der Waals surface area contributed by atoms with Crippen molar-refractivity contribution in [3.8, 4) is 11.3 Å². The zero-order valence-electron chi connectivity index (χ0n) is 10.5. The third kappa shape index (κ3) is 2.83. The summed E-state index contributed by atoms with van der Waals surface area (Å²) in [7, 11) is 0.